The van der Waals surface area contributed by atoms with Crippen molar-refractivity contribution in [2.75, 3.05) is 19.6 Å². The van der Waals surface area contributed by atoms with Gasteiger partial charge in [0.05, 0.1) is 12.2 Å². The normalized spacial score (nSPS) is 22.0. The third kappa shape index (κ3) is 4.83. The van der Waals surface area contributed by atoms with Gasteiger partial charge in [-0.05, 0) is 43.9 Å². The summed E-state index contributed by atoms with van der Waals surface area (Å²) in [4.78, 5) is 31.5. The molecule has 1 aliphatic carbocycles. The van der Waals surface area contributed by atoms with Gasteiger partial charge in [0.25, 0.3) is 0 Å². The summed E-state index contributed by atoms with van der Waals surface area (Å²) in [7, 11) is 0. The molecule has 2 aliphatic rings. The number of piperidine rings is 1. The molecule has 1 saturated carbocycles. The Morgan fingerprint density at radius 1 is 1.28 bits per heavy atom. The molecule has 1 N–H and O–H groups in total. The third-order valence-electron chi connectivity index (χ3n) is 5.23. The molecule has 25 heavy (non-hydrogen) atoms. The van der Waals surface area contributed by atoms with E-state index in [2.05, 4.69) is 24.1 Å². The highest BCUT2D eigenvalue weighted by molar-refractivity contribution is 5.83. The number of hydrogen-bond acceptors (Lipinski definition) is 3. The van der Waals surface area contributed by atoms with E-state index in [0.29, 0.717) is 18.4 Å². The van der Waals surface area contributed by atoms with Crippen molar-refractivity contribution >= 4 is 11.8 Å². The zero-order chi connectivity index (χ0) is 17.8. The van der Waals surface area contributed by atoms with E-state index in [0.717, 1.165) is 32.4 Å². The van der Waals surface area contributed by atoms with Gasteiger partial charge in [0, 0.05) is 32.0 Å². The highest BCUT2D eigenvalue weighted by Gasteiger charge is 2.33. The first-order chi connectivity index (χ1) is 12.0. The average Bonchev–Trinajstić information content (AvgIpc) is 3.28. The summed E-state index contributed by atoms with van der Waals surface area (Å²) in [5.74, 6) is 1.26. The first-order valence-electron chi connectivity index (χ1n) is 9.58. The number of imidazole rings is 1. The fourth-order valence-corrected chi connectivity index (χ4v) is 3.56. The number of likely N-dealkylation sites (tertiary alicyclic amines) is 1. The van der Waals surface area contributed by atoms with Crippen LogP contribution in [-0.2, 0) is 9.59 Å². The molecule has 2 amide bonds. The molecule has 2 fully saturated rings. The van der Waals surface area contributed by atoms with Crippen LogP contribution in [0, 0.1) is 17.8 Å². The van der Waals surface area contributed by atoms with Crippen LogP contribution in [0.1, 0.15) is 52.0 Å². The molecule has 0 bridgehead atoms. The number of nitrogens with zero attached hydrogens (tertiary/aromatic N) is 3. The van der Waals surface area contributed by atoms with Gasteiger partial charge in [0.15, 0.2) is 0 Å². The summed E-state index contributed by atoms with van der Waals surface area (Å²) in [6.45, 7) is 6.34. The molecule has 0 radical (unpaired) electrons. The zero-order valence-electron chi connectivity index (χ0n) is 15.4. The van der Waals surface area contributed by atoms with E-state index >= 15 is 0 Å². The Labute approximate surface area is 150 Å². The Balaban J connectivity index is 1.61. The lowest BCUT2D eigenvalue weighted by atomic mass is 9.95. The Morgan fingerprint density at radius 3 is 2.72 bits per heavy atom. The van der Waals surface area contributed by atoms with Gasteiger partial charge in [-0.15, -0.1) is 0 Å². The third-order valence-corrected chi connectivity index (χ3v) is 5.23. The minimum absolute atomic E-state index is 0.0704. The van der Waals surface area contributed by atoms with Crippen molar-refractivity contribution in [2.24, 2.45) is 17.8 Å². The van der Waals surface area contributed by atoms with E-state index in [1.807, 2.05) is 15.7 Å². The second-order valence-corrected chi connectivity index (χ2v) is 7.97. The van der Waals surface area contributed by atoms with Crippen LogP contribution in [0.25, 0.3) is 0 Å². The molecule has 2 atom stereocenters. The highest BCUT2D eigenvalue weighted by atomic mass is 16.2. The number of hydrogen-bond donors (Lipinski definition) is 1. The minimum Gasteiger partial charge on any atom is -0.356 e. The fraction of sp³-hybridized carbons (Fsp3) is 0.737. The molecule has 6 nitrogen and oxygen atoms in total. The highest BCUT2D eigenvalue weighted by Crippen LogP contribution is 2.28. The molecule has 3 rings (SSSR count). The lowest BCUT2D eigenvalue weighted by molar-refractivity contribution is -0.139. The van der Waals surface area contributed by atoms with E-state index in [9.17, 15) is 9.59 Å². The van der Waals surface area contributed by atoms with Gasteiger partial charge in [-0.2, -0.15) is 0 Å². The van der Waals surface area contributed by atoms with Crippen molar-refractivity contribution in [1.82, 2.24) is 19.8 Å². The number of carbonyl (C=O) groups excluding carboxylic acids is 2. The van der Waals surface area contributed by atoms with Crippen molar-refractivity contribution in [2.45, 2.75) is 52.0 Å². The molecule has 1 aliphatic heterocycles. The van der Waals surface area contributed by atoms with Gasteiger partial charge in [0.1, 0.15) is 6.04 Å². The summed E-state index contributed by atoms with van der Waals surface area (Å²) in [6, 6.07) is -0.226. The van der Waals surface area contributed by atoms with Crippen molar-refractivity contribution < 1.29 is 9.59 Å². The molecule has 6 heteroatoms. The standard InChI is InChI=1S/C19H30N4O2/c1-14(2)10-17(23-9-7-20-13-23)19(25)22-8-3-4-16(12-22)18(24)21-11-15-5-6-15/h7,9,13-17H,3-6,8,10-12H2,1-2H3,(H,21,24). The van der Waals surface area contributed by atoms with Crippen LogP contribution in [0.5, 0.6) is 0 Å². The molecule has 0 spiro atoms. The second-order valence-electron chi connectivity index (χ2n) is 7.97. The van der Waals surface area contributed by atoms with Crippen molar-refractivity contribution in [1.29, 1.82) is 0 Å². The summed E-state index contributed by atoms with van der Waals surface area (Å²) in [6.07, 6.45) is 10.3. The molecular formula is C19H30N4O2. The van der Waals surface area contributed by atoms with Crippen LogP contribution < -0.4 is 5.32 Å². The Morgan fingerprint density at radius 2 is 2.08 bits per heavy atom. The van der Waals surface area contributed by atoms with Gasteiger partial charge >= 0.3 is 0 Å². The molecule has 1 saturated heterocycles. The van der Waals surface area contributed by atoms with Gasteiger partial charge in [-0.25, -0.2) is 4.98 Å². The monoisotopic (exact) mass is 346 g/mol. The van der Waals surface area contributed by atoms with Crippen LogP contribution in [0.4, 0.5) is 0 Å². The molecular weight excluding hydrogens is 316 g/mol. The predicted octanol–water partition coefficient (Wildman–Crippen LogP) is 2.24. The van der Waals surface area contributed by atoms with Crippen LogP contribution in [0.2, 0.25) is 0 Å². The maximum atomic E-state index is 13.1. The lowest BCUT2D eigenvalue weighted by Gasteiger charge is -2.35. The Bertz CT molecular complexity index is 580. The maximum Gasteiger partial charge on any atom is 0.245 e. The first kappa shape index (κ1) is 18.0. The van der Waals surface area contributed by atoms with Crippen LogP contribution in [0.3, 0.4) is 0 Å². The van der Waals surface area contributed by atoms with Crippen LogP contribution >= 0.6 is 0 Å². The quantitative estimate of drug-likeness (QED) is 0.823. The molecule has 1 aromatic rings. The largest absolute Gasteiger partial charge is 0.356 e. The van der Waals surface area contributed by atoms with E-state index < -0.39 is 0 Å². The molecule has 2 unspecified atom stereocenters. The van der Waals surface area contributed by atoms with Crippen molar-refractivity contribution in [3.05, 3.63) is 18.7 Å². The predicted molar refractivity (Wildman–Crippen MR) is 95.8 cm³/mol. The zero-order valence-corrected chi connectivity index (χ0v) is 15.4. The summed E-state index contributed by atoms with van der Waals surface area (Å²) in [5.41, 5.74) is 0. The van der Waals surface area contributed by atoms with Crippen molar-refractivity contribution in [3.8, 4) is 0 Å². The number of carbonyl (C=O) groups is 2. The van der Waals surface area contributed by atoms with Crippen LogP contribution in [-0.4, -0.2) is 45.9 Å². The topological polar surface area (TPSA) is 67.2 Å². The summed E-state index contributed by atoms with van der Waals surface area (Å²) in [5, 5.41) is 3.07. The minimum atomic E-state index is -0.226. The van der Waals surface area contributed by atoms with Gasteiger partial charge in [0.2, 0.25) is 11.8 Å². The fourth-order valence-electron chi connectivity index (χ4n) is 3.56. The average molecular weight is 346 g/mol. The van der Waals surface area contributed by atoms with E-state index in [1.165, 1.54) is 12.8 Å². The van der Waals surface area contributed by atoms with Gasteiger partial charge < -0.3 is 14.8 Å². The maximum absolute atomic E-state index is 13.1. The van der Waals surface area contributed by atoms with Crippen LogP contribution in [0.15, 0.2) is 18.7 Å². The lowest BCUT2D eigenvalue weighted by Crippen LogP contribution is -2.48. The van der Waals surface area contributed by atoms with E-state index in [1.54, 1.807) is 12.5 Å². The summed E-state index contributed by atoms with van der Waals surface area (Å²) >= 11 is 0. The molecule has 138 valence electrons. The van der Waals surface area contributed by atoms with E-state index in [-0.39, 0.29) is 23.8 Å². The van der Waals surface area contributed by atoms with Crippen molar-refractivity contribution in [3.63, 3.8) is 0 Å². The number of nitrogens with one attached hydrogen (secondary N) is 1. The smallest absolute Gasteiger partial charge is 0.245 e. The molecule has 1 aromatic heterocycles. The van der Waals surface area contributed by atoms with Gasteiger partial charge in [-0.1, -0.05) is 13.8 Å². The Hall–Kier alpha value is -1.85. The SMILES string of the molecule is CC(C)CC(C(=O)N1CCCC(C(=O)NCC2CC2)C1)n1ccnc1. The van der Waals surface area contributed by atoms with E-state index in [4.69, 9.17) is 0 Å². The Kier molecular flexibility index (Phi) is 5.76. The first-order valence-corrected chi connectivity index (χ1v) is 9.58. The number of aromatic nitrogens is 2. The number of amides is 2. The second kappa shape index (κ2) is 8.02. The molecule has 2 heterocycles. The molecule has 0 aromatic carbocycles. The summed E-state index contributed by atoms with van der Waals surface area (Å²) < 4.78 is 1.90. The van der Waals surface area contributed by atoms with Gasteiger partial charge in [-0.3, -0.25) is 9.59 Å². The number of rotatable bonds is 7.